The second kappa shape index (κ2) is 2.87. The molecule has 1 aromatic carbocycles. The second-order valence-electron chi connectivity index (χ2n) is 2.63. The zero-order chi connectivity index (χ0) is 9.42. The van der Waals surface area contributed by atoms with Crippen molar-refractivity contribution in [2.24, 2.45) is 0 Å². The first-order valence-corrected chi connectivity index (χ1v) is 4.54. The Morgan fingerprint density at radius 3 is 2.85 bits per heavy atom. The average Bonchev–Trinajstić information content (AvgIpc) is 2.15. The van der Waals surface area contributed by atoms with Gasteiger partial charge in [0.25, 0.3) is 0 Å². The monoisotopic (exact) mass is 239 g/mol. The van der Waals surface area contributed by atoms with Crippen LogP contribution < -0.4 is 16.1 Å². The molecule has 0 unspecified atom stereocenters. The van der Waals surface area contributed by atoms with Crippen LogP contribution in [0.15, 0.2) is 24.3 Å². The zero-order valence-electron chi connectivity index (χ0n) is 6.69. The van der Waals surface area contributed by atoms with Gasteiger partial charge in [-0.05, 0) is 0 Å². The van der Waals surface area contributed by atoms with E-state index in [1.807, 2.05) is 24.3 Å². The number of nitrogens with one attached hydrogen (secondary N) is 1. The molecular weight excluding hydrogens is 231 g/mol. The van der Waals surface area contributed by atoms with Crippen LogP contribution in [0.4, 0.5) is 0 Å². The number of benzene rings is 1. The van der Waals surface area contributed by atoms with E-state index in [9.17, 15) is 0 Å². The van der Waals surface area contributed by atoms with E-state index in [-0.39, 0.29) is 5.49 Å². The zero-order valence-corrected chi connectivity index (χ0v) is 8.40. The quantitative estimate of drug-likeness (QED) is 0.457. The Hall–Kier alpha value is -1.32. The van der Waals surface area contributed by atoms with Crippen LogP contribution in [-0.4, -0.2) is 25.7 Å². The third-order valence-electron chi connectivity index (χ3n) is 1.82. The molecule has 2 rings (SSSR count). The number of fused-ring (bicyclic) bond motifs is 1. The number of nitrogens with zero attached hydrogens (tertiary/aromatic N) is 2. The topological polar surface area (TPSA) is 67.7 Å². The van der Waals surface area contributed by atoms with Crippen LogP contribution in [0.25, 0.3) is 10.9 Å². The summed E-state index contributed by atoms with van der Waals surface area (Å²) in [7, 11) is 0. The molecule has 4 nitrogen and oxygen atoms in total. The van der Waals surface area contributed by atoms with Crippen molar-refractivity contribution >= 4 is 31.6 Å². The molecule has 3 N–H and O–H groups in total. The molecule has 0 saturated carbocycles. The molecule has 13 heavy (non-hydrogen) atoms. The standard InChI is InChI=1S/C8H7N4Se/c9-7-5-3-1-2-4-6(5)11-8(13)12(7)10/h1-4,9H,10H2. The minimum absolute atomic E-state index is 0.263. The van der Waals surface area contributed by atoms with Gasteiger partial charge < -0.3 is 0 Å². The predicted octanol–water partition coefficient (Wildman–Crippen LogP) is -0.977. The van der Waals surface area contributed by atoms with Crippen LogP contribution in [0, 0.1) is 5.41 Å². The molecule has 1 radical (unpaired) electrons. The van der Waals surface area contributed by atoms with Crippen LogP contribution in [0.3, 0.4) is 0 Å². The molecule has 0 saturated heterocycles. The van der Waals surface area contributed by atoms with Crippen molar-refractivity contribution in [3.8, 4) is 0 Å². The summed E-state index contributed by atoms with van der Waals surface area (Å²) in [5, 5.41) is 8.46. The molecule has 0 aliphatic carbocycles. The van der Waals surface area contributed by atoms with Crippen LogP contribution in [0.1, 0.15) is 0 Å². The van der Waals surface area contributed by atoms with Gasteiger partial charge in [0.05, 0.1) is 0 Å². The number of rotatable bonds is 0. The van der Waals surface area contributed by atoms with Gasteiger partial charge in [0, 0.05) is 0 Å². The summed E-state index contributed by atoms with van der Waals surface area (Å²) in [5.74, 6) is 5.58. The Morgan fingerprint density at radius 2 is 2.08 bits per heavy atom. The summed E-state index contributed by atoms with van der Waals surface area (Å²) >= 11 is 2.71. The van der Waals surface area contributed by atoms with Gasteiger partial charge in [0.1, 0.15) is 0 Å². The van der Waals surface area contributed by atoms with Gasteiger partial charge in [0.2, 0.25) is 0 Å². The first kappa shape index (κ1) is 8.29. The molecule has 0 atom stereocenters. The van der Waals surface area contributed by atoms with Crippen molar-refractivity contribution in [1.29, 1.82) is 5.41 Å². The predicted molar refractivity (Wildman–Crippen MR) is 51.1 cm³/mol. The van der Waals surface area contributed by atoms with Crippen LogP contribution in [-0.2, 0) is 0 Å². The van der Waals surface area contributed by atoms with E-state index in [0.717, 1.165) is 10.9 Å². The Labute approximate surface area is 82.7 Å². The van der Waals surface area contributed by atoms with Crippen LogP contribution >= 0.6 is 0 Å². The Morgan fingerprint density at radius 1 is 1.38 bits per heavy atom. The van der Waals surface area contributed by atoms with Gasteiger partial charge in [-0.25, -0.2) is 0 Å². The third kappa shape index (κ3) is 1.22. The summed E-state index contributed by atoms with van der Waals surface area (Å²) in [6, 6.07) is 7.43. The van der Waals surface area contributed by atoms with E-state index in [1.54, 1.807) is 0 Å². The van der Waals surface area contributed by atoms with Crippen molar-refractivity contribution in [3.63, 3.8) is 0 Å². The van der Waals surface area contributed by atoms with Crippen molar-refractivity contribution in [3.05, 3.63) is 29.8 Å². The molecule has 0 aliphatic rings. The fourth-order valence-electron chi connectivity index (χ4n) is 1.15. The van der Waals surface area contributed by atoms with Crippen LogP contribution in [0.5, 0.6) is 0 Å². The number of para-hydroxylation sites is 1. The van der Waals surface area contributed by atoms with Gasteiger partial charge >= 0.3 is 82.3 Å². The third-order valence-corrected chi connectivity index (χ3v) is 2.43. The fourth-order valence-corrected chi connectivity index (χ4v) is 1.55. The number of aromatic nitrogens is 2. The number of nitrogen functional groups attached to an aromatic ring is 1. The first-order chi connectivity index (χ1) is 6.20. The molecule has 2 aromatic rings. The molecule has 0 aliphatic heterocycles. The van der Waals surface area contributed by atoms with Crippen molar-refractivity contribution in [2.75, 3.05) is 5.84 Å². The fraction of sp³-hybridized carbons (Fsp3) is 0. The molecule has 0 spiro atoms. The van der Waals surface area contributed by atoms with E-state index in [1.165, 1.54) is 4.68 Å². The van der Waals surface area contributed by atoms with Gasteiger partial charge in [-0.15, -0.1) is 0 Å². The van der Waals surface area contributed by atoms with E-state index in [0.29, 0.717) is 4.72 Å². The molecule has 0 fully saturated rings. The van der Waals surface area contributed by atoms with Crippen molar-refractivity contribution < 1.29 is 0 Å². The van der Waals surface area contributed by atoms with E-state index in [2.05, 4.69) is 21.0 Å². The summed E-state index contributed by atoms with van der Waals surface area (Å²) in [6.07, 6.45) is 0. The summed E-state index contributed by atoms with van der Waals surface area (Å²) in [4.78, 5) is 4.20. The first-order valence-electron chi connectivity index (χ1n) is 3.68. The molecular formula is C8H7N4Se. The molecule has 5 heteroatoms. The van der Waals surface area contributed by atoms with Gasteiger partial charge in [-0.1, -0.05) is 0 Å². The Bertz CT molecular complexity index is 517. The van der Waals surface area contributed by atoms with Crippen molar-refractivity contribution in [1.82, 2.24) is 9.66 Å². The normalized spacial score (nSPS) is 10.5. The molecule has 1 heterocycles. The van der Waals surface area contributed by atoms with Gasteiger partial charge in [0.15, 0.2) is 0 Å². The van der Waals surface area contributed by atoms with Crippen LogP contribution in [0.2, 0.25) is 0 Å². The number of hydrogen-bond donors (Lipinski definition) is 2. The van der Waals surface area contributed by atoms with Gasteiger partial charge in [-0.2, -0.15) is 0 Å². The number of hydrogen-bond acceptors (Lipinski definition) is 3. The minimum atomic E-state index is 0.263. The van der Waals surface area contributed by atoms with E-state index in [4.69, 9.17) is 11.3 Å². The Balaban J connectivity index is 3.03. The molecule has 0 amide bonds. The summed E-state index contributed by atoms with van der Waals surface area (Å²) in [5.41, 5.74) is 1.04. The average molecular weight is 238 g/mol. The van der Waals surface area contributed by atoms with E-state index < -0.39 is 0 Å². The molecule has 0 bridgehead atoms. The SMILES string of the molecule is N=c1c2ccccc2nc([Se])n1N. The maximum absolute atomic E-state index is 7.71. The summed E-state index contributed by atoms with van der Waals surface area (Å²) in [6.45, 7) is 0. The van der Waals surface area contributed by atoms with E-state index >= 15 is 0 Å². The second-order valence-corrected chi connectivity index (χ2v) is 3.40. The number of nitrogens with two attached hydrogens (primary N) is 1. The van der Waals surface area contributed by atoms with Crippen molar-refractivity contribution in [2.45, 2.75) is 0 Å². The Kier molecular flexibility index (Phi) is 1.83. The molecule has 1 aromatic heterocycles. The maximum atomic E-state index is 7.71. The molecule has 65 valence electrons. The van der Waals surface area contributed by atoms with Gasteiger partial charge in [-0.3, -0.25) is 0 Å². The summed E-state index contributed by atoms with van der Waals surface area (Å²) < 4.78 is 1.74.